The lowest BCUT2D eigenvalue weighted by Crippen LogP contribution is -2.15. The topological polar surface area (TPSA) is 86.9 Å². The van der Waals surface area contributed by atoms with E-state index in [1.165, 1.54) is 0 Å². The molecule has 2 aromatic heterocycles. The number of hydrogen-bond donors (Lipinski definition) is 1. The molecule has 146 valence electrons. The average Bonchev–Trinajstić information content (AvgIpc) is 3.41. The molecule has 0 unspecified atom stereocenters. The van der Waals surface area contributed by atoms with Crippen molar-refractivity contribution >= 4 is 17.7 Å². The van der Waals surface area contributed by atoms with E-state index in [4.69, 9.17) is 10.2 Å². The van der Waals surface area contributed by atoms with Crippen molar-refractivity contribution in [3.63, 3.8) is 0 Å². The van der Waals surface area contributed by atoms with Crippen LogP contribution in [0.1, 0.15) is 22.8 Å². The van der Waals surface area contributed by atoms with Crippen LogP contribution in [-0.4, -0.2) is 20.7 Å². The van der Waals surface area contributed by atoms with E-state index in [0.29, 0.717) is 23.3 Å². The van der Waals surface area contributed by atoms with Gasteiger partial charge < -0.3 is 10.2 Å². The minimum Gasteiger partial charge on any atom is -0.461 e. The second-order valence-corrected chi connectivity index (χ2v) is 7.54. The number of amides is 1. The van der Waals surface area contributed by atoms with Crippen LogP contribution in [0, 0.1) is 0 Å². The van der Waals surface area contributed by atoms with Gasteiger partial charge in [0.05, 0.1) is 11.5 Å². The summed E-state index contributed by atoms with van der Waals surface area (Å²) in [6.07, 6.45) is 1.78. The number of nitrogens with two attached hydrogens (primary N) is 1. The maximum atomic E-state index is 11.4. The van der Waals surface area contributed by atoms with Crippen molar-refractivity contribution in [1.29, 1.82) is 0 Å². The molecule has 2 N–H and O–H groups in total. The second kappa shape index (κ2) is 8.79. The van der Waals surface area contributed by atoms with Crippen LogP contribution in [0.2, 0.25) is 0 Å². The van der Waals surface area contributed by atoms with Gasteiger partial charge in [-0.1, -0.05) is 72.4 Å². The van der Waals surface area contributed by atoms with Gasteiger partial charge in [0.15, 0.2) is 16.7 Å². The Morgan fingerprint density at radius 3 is 2.17 bits per heavy atom. The van der Waals surface area contributed by atoms with E-state index < -0.39 is 0 Å². The van der Waals surface area contributed by atoms with Gasteiger partial charge >= 0.3 is 0 Å². The number of thioether (sulfide) groups is 1. The number of furan rings is 1. The fourth-order valence-corrected chi connectivity index (χ4v) is 4.27. The van der Waals surface area contributed by atoms with Crippen molar-refractivity contribution in [3.05, 3.63) is 90.2 Å². The normalized spacial score (nSPS) is 11.1. The average molecular weight is 404 g/mol. The number of benzene rings is 2. The largest absolute Gasteiger partial charge is 0.461 e. The van der Waals surface area contributed by atoms with Crippen LogP contribution in [0.5, 0.6) is 0 Å². The third-order valence-electron chi connectivity index (χ3n) is 4.47. The Morgan fingerprint density at radius 2 is 1.62 bits per heavy atom. The Labute approximate surface area is 172 Å². The van der Waals surface area contributed by atoms with Gasteiger partial charge in [-0.25, -0.2) is 0 Å². The predicted octanol–water partition coefficient (Wildman–Crippen LogP) is 4.30. The zero-order valence-electron chi connectivity index (χ0n) is 15.6. The fourth-order valence-electron chi connectivity index (χ4n) is 3.08. The standard InChI is InChI=1S/C22H20N4O2S/c23-19(27)13-14-26-21(18-12-7-15-28-18)24-25-22(26)29-20(16-8-3-1-4-9-16)17-10-5-2-6-11-17/h1-12,15,20H,13-14H2,(H2,23,27). The summed E-state index contributed by atoms with van der Waals surface area (Å²) in [5.74, 6) is 0.811. The Hall–Kier alpha value is -3.32. The summed E-state index contributed by atoms with van der Waals surface area (Å²) in [6.45, 7) is 0.386. The van der Waals surface area contributed by atoms with Crippen LogP contribution in [0.4, 0.5) is 0 Å². The summed E-state index contributed by atoms with van der Waals surface area (Å²) >= 11 is 1.59. The molecule has 0 atom stereocenters. The first-order chi connectivity index (χ1) is 14.2. The van der Waals surface area contributed by atoms with Crippen molar-refractivity contribution in [2.75, 3.05) is 0 Å². The van der Waals surface area contributed by atoms with Crippen molar-refractivity contribution in [3.8, 4) is 11.6 Å². The zero-order chi connectivity index (χ0) is 20.1. The molecule has 7 heteroatoms. The van der Waals surface area contributed by atoms with E-state index in [1.54, 1.807) is 24.1 Å². The van der Waals surface area contributed by atoms with Gasteiger partial charge in [0.2, 0.25) is 5.91 Å². The van der Waals surface area contributed by atoms with Gasteiger partial charge in [-0.05, 0) is 23.3 Å². The SMILES string of the molecule is NC(=O)CCn1c(SC(c2ccccc2)c2ccccc2)nnc1-c1ccco1. The van der Waals surface area contributed by atoms with E-state index >= 15 is 0 Å². The molecule has 29 heavy (non-hydrogen) atoms. The number of aromatic nitrogens is 3. The van der Waals surface area contributed by atoms with E-state index in [0.717, 1.165) is 11.1 Å². The molecule has 1 amide bonds. The highest BCUT2D eigenvalue weighted by Gasteiger charge is 2.22. The maximum Gasteiger partial charge on any atom is 0.219 e. The highest BCUT2D eigenvalue weighted by Crippen LogP contribution is 2.40. The molecule has 0 saturated heterocycles. The van der Waals surface area contributed by atoms with Crippen LogP contribution in [0.15, 0.2) is 88.6 Å². The fraction of sp³-hybridized carbons (Fsp3) is 0.136. The van der Waals surface area contributed by atoms with Crippen LogP contribution >= 0.6 is 11.8 Å². The van der Waals surface area contributed by atoms with Gasteiger partial charge in [0.1, 0.15) is 0 Å². The van der Waals surface area contributed by atoms with Gasteiger partial charge in [-0.3, -0.25) is 9.36 Å². The molecule has 2 aromatic carbocycles. The van der Waals surface area contributed by atoms with Crippen molar-refractivity contribution in [2.24, 2.45) is 5.73 Å². The predicted molar refractivity (Wildman–Crippen MR) is 112 cm³/mol. The maximum absolute atomic E-state index is 11.4. The van der Waals surface area contributed by atoms with Crippen LogP contribution < -0.4 is 5.73 Å². The van der Waals surface area contributed by atoms with Crippen molar-refractivity contribution in [2.45, 2.75) is 23.4 Å². The highest BCUT2D eigenvalue weighted by atomic mass is 32.2. The van der Waals surface area contributed by atoms with Crippen LogP contribution in [0.3, 0.4) is 0 Å². The molecule has 0 saturated carbocycles. The Bertz CT molecular complexity index is 1020. The molecule has 0 aliphatic carbocycles. The molecule has 0 spiro atoms. The molecular weight excluding hydrogens is 384 g/mol. The Balaban J connectivity index is 1.73. The first-order valence-corrected chi connectivity index (χ1v) is 10.1. The smallest absolute Gasteiger partial charge is 0.219 e. The Morgan fingerprint density at radius 1 is 0.966 bits per heavy atom. The van der Waals surface area contributed by atoms with Gasteiger partial charge in [-0.15, -0.1) is 10.2 Å². The van der Waals surface area contributed by atoms with Gasteiger partial charge in [0.25, 0.3) is 0 Å². The van der Waals surface area contributed by atoms with Crippen molar-refractivity contribution in [1.82, 2.24) is 14.8 Å². The van der Waals surface area contributed by atoms with Gasteiger partial charge in [-0.2, -0.15) is 0 Å². The lowest BCUT2D eigenvalue weighted by molar-refractivity contribution is -0.118. The number of nitrogens with zero attached hydrogens (tertiary/aromatic N) is 3. The lowest BCUT2D eigenvalue weighted by Gasteiger charge is -2.18. The molecule has 4 rings (SSSR count). The molecular formula is C22H20N4O2S. The third kappa shape index (κ3) is 4.41. The molecule has 0 fully saturated rings. The minimum atomic E-state index is -0.372. The van der Waals surface area contributed by atoms with E-state index in [-0.39, 0.29) is 17.6 Å². The first kappa shape index (κ1) is 19.0. The molecule has 6 nitrogen and oxygen atoms in total. The van der Waals surface area contributed by atoms with E-state index in [9.17, 15) is 4.79 Å². The monoisotopic (exact) mass is 404 g/mol. The molecule has 0 aliphatic heterocycles. The summed E-state index contributed by atoms with van der Waals surface area (Å²) in [5.41, 5.74) is 7.71. The Kier molecular flexibility index (Phi) is 5.76. The molecule has 0 radical (unpaired) electrons. The van der Waals surface area contributed by atoms with Crippen LogP contribution in [0.25, 0.3) is 11.6 Å². The summed E-state index contributed by atoms with van der Waals surface area (Å²) in [5, 5.41) is 9.46. The quantitative estimate of drug-likeness (QED) is 0.443. The molecule has 0 aliphatic rings. The second-order valence-electron chi connectivity index (χ2n) is 6.47. The summed E-state index contributed by atoms with van der Waals surface area (Å²) in [4.78, 5) is 11.4. The molecule has 2 heterocycles. The number of carbonyl (C=O) groups excluding carboxylic acids is 1. The number of rotatable bonds is 8. The third-order valence-corrected chi connectivity index (χ3v) is 5.76. The summed E-state index contributed by atoms with van der Waals surface area (Å²) < 4.78 is 7.40. The van der Waals surface area contributed by atoms with E-state index in [2.05, 4.69) is 34.5 Å². The number of hydrogen-bond acceptors (Lipinski definition) is 5. The zero-order valence-corrected chi connectivity index (χ0v) is 16.5. The molecule has 0 bridgehead atoms. The van der Waals surface area contributed by atoms with Gasteiger partial charge in [0, 0.05) is 13.0 Å². The van der Waals surface area contributed by atoms with Crippen molar-refractivity contribution < 1.29 is 9.21 Å². The number of primary amides is 1. The molecule has 4 aromatic rings. The van der Waals surface area contributed by atoms with Crippen LogP contribution in [-0.2, 0) is 11.3 Å². The first-order valence-electron chi connectivity index (χ1n) is 9.24. The minimum absolute atomic E-state index is 0.0263. The lowest BCUT2D eigenvalue weighted by atomic mass is 10.0. The number of carbonyl (C=O) groups is 1. The van der Waals surface area contributed by atoms with E-state index in [1.807, 2.05) is 47.0 Å². The highest BCUT2D eigenvalue weighted by molar-refractivity contribution is 7.99. The summed E-state index contributed by atoms with van der Waals surface area (Å²) in [7, 11) is 0. The summed E-state index contributed by atoms with van der Waals surface area (Å²) in [6, 6.07) is 24.1.